The van der Waals surface area contributed by atoms with Crippen LogP contribution in [0.2, 0.25) is 0 Å². The number of carbonyl (C=O) groups is 4. The lowest BCUT2D eigenvalue weighted by atomic mass is 10.0. The van der Waals surface area contributed by atoms with Gasteiger partial charge in [0.2, 0.25) is 17.7 Å². The lowest BCUT2D eigenvalue weighted by Crippen LogP contribution is -2.57. The van der Waals surface area contributed by atoms with Crippen molar-refractivity contribution in [1.82, 2.24) is 20.9 Å². The maximum Gasteiger partial charge on any atom is 0.326 e. The van der Waals surface area contributed by atoms with Crippen molar-refractivity contribution in [2.24, 2.45) is 11.7 Å². The lowest BCUT2D eigenvalue weighted by molar-refractivity contribution is -0.142. The SMILES string of the molecule is CC(NC(=O)C(N)C(C)C)C(=O)NC(Cc1ccc(O)cc1)C(=O)NC(Cc1c[nH]c2ccccc12)C(=O)O. The number of amides is 3. The van der Waals surface area contributed by atoms with E-state index in [0.29, 0.717) is 5.56 Å². The zero-order valence-electron chi connectivity index (χ0n) is 22.1. The molecule has 3 aromatic rings. The molecule has 8 N–H and O–H groups in total. The highest BCUT2D eigenvalue weighted by molar-refractivity contribution is 5.94. The molecule has 0 saturated heterocycles. The van der Waals surface area contributed by atoms with Crippen LogP contribution in [0.4, 0.5) is 0 Å². The van der Waals surface area contributed by atoms with E-state index in [9.17, 15) is 29.4 Å². The number of nitrogens with two attached hydrogens (primary N) is 1. The van der Waals surface area contributed by atoms with Gasteiger partial charge in [-0.3, -0.25) is 14.4 Å². The third kappa shape index (κ3) is 7.81. The van der Waals surface area contributed by atoms with Gasteiger partial charge < -0.3 is 36.9 Å². The summed E-state index contributed by atoms with van der Waals surface area (Å²) in [5.41, 5.74) is 8.04. The molecule has 0 aliphatic heterocycles. The number of phenols is 1. The summed E-state index contributed by atoms with van der Waals surface area (Å²) in [4.78, 5) is 53.8. The minimum Gasteiger partial charge on any atom is -0.508 e. The van der Waals surface area contributed by atoms with Crippen molar-refractivity contribution in [2.45, 2.75) is 57.8 Å². The molecule has 2 aromatic carbocycles. The van der Waals surface area contributed by atoms with Gasteiger partial charge in [0.05, 0.1) is 6.04 Å². The molecule has 0 radical (unpaired) electrons. The Morgan fingerprint density at radius 3 is 2.13 bits per heavy atom. The average Bonchev–Trinajstić information content (AvgIpc) is 3.31. The number of nitrogens with one attached hydrogen (secondary N) is 4. The highest BCUT2D eigenvalue weighted by atomic mass is 16.4. The van der Waals surface area contributed by atoms with Gasteiger partial charge in [0.1, 0.15) is 23.9 Å². The minimum absolute atomic E-state index is 0.0173. The fraction of sp³-hybridized carbons (Fsp3) is 0.357. The number of rotatable bonds is 12. The van der Waals surface area contributed by atoms with Crippen LogP contribution in [0.25, 0.3) is 10.9 Å². The van der Waals surface area contributed by atoms with Crippen molar-refractivity contribution in [3.05, 3.63) is 65.9 Å². The van der Waals surface area contributed by atoms with Crippen LogP contribution in [0.3, 0.4) is 0 Å². The van der Waals surface area contributed by atoms with Gasteiger partial charge in [0.15, 0.2) is 0 Å². The van der Waals surface area contributed by atoms with E-state index in [0.717, 1.165) is 16.5 Å². The van der Waals surface area contributed by atoms with Crippen molar-refractivity contribution in [3.8, 4) is 5.75 Å². The van der Waals surface area contributed by atoms with E-state index in [1.165, 1.54) is 19.1 Å². The van der Waals surface area contributed by atoms with Crippen LogP contribution in [0.15, 0.2) is 54.7 Å². The number of para-hydroxylation sites is 1. The second kappa shape index (κ2) is 12.9. The first kappa shape index (κ1) is 29.2. The zero-order chi connectivity index (χ0) is 28.7. The first-order chi connectivity index (χ1) is 18.5. The van der Waals surface area contributed by atoms with Crippen LogP contribution in [-0.2, 0) is 32.0 Å². The normalized spacial score (nSPS) is 14.3. The van der Waals surface area contributed by atoms with Gasteiger partial charge in [-0.25, -0.2) is 4.79 Å². The van der Waals surface area contributed by atoms with E-state index in [1.54, 1.807) is 32.2 Å². The smallest absolute Gasteiger partial charge is 0.326 e. The Morgan fingerprint density at radius 1 is 0.846 bits per heavy atom. The summed E-state index contributed by atoms with van der Waals surface area (Å²) in [5.74, 6) is -3.18. The molecule has 3 amide bonds. The van der Waals surface area contributed by atoms with Crippen LogP contribution in [-0.4, -0.2) is 63.1 Å². The quantitative estimate of drug-likeness (QED) is 0.181. The second-order valence-electron chi connectivity index (χ2n) is 9.89. The van der Waals surface area contributed by atoms with E-state index in [1.807, 2.05) is 24.3 Å². The largest absolute Gasteiger partial charge is 0.508 e. The molecular formula is C28H35N5O6. The summed E-state index contributed by atoms with van der Waals surface area (Å²) in [6.45, 7) is 5.02. The monoisotopic (exact) mass is 537 g/mol. The van der Waals surface area contributed by atoms with Gasteiger partial charge in [-0.05, 0) is 42.2 Å². The second-order valence-corrected chi connectivity index (χ2v) is 9.89. The number of fused-ring (bicyclic) bond motifs is 1. The number of aliphatic carboxylic acids is 1. The number of aromatic hydroxyl groups is 1. The van der Waals surface area contributed by atoms with Crippen molar-refractivity contribution in [1.29, 1.82) is 0 Å². The maximum atomic E-state index is 13.3. The van der Waals surface area contributed by atoms with E-state index >= 15 is 0 Å². The number of phenolic OH excluding ortho intramolecular Hbond substituents is 1. The van der Waals surface area contributed by atoms with Crippen molar-refractivity contribution >= 4 is 34.6 Å². The Bertz CT molecular complexity index is 1320. The number of aromatic amines is 1. The predicted octanol–water partition coefficient (Wildman–Crippen LogP) is 1.20. The Balaban J connectivity index is 1.77. The molecule has 11 heteroatoms. The molecular weight excluding hydrogens is 502 g/mol. The van der Waals surface area contributed by atoms with Crippen molar-refractivity contribution < 1.29 is 29.4 Å². The molecule has 1 heterocycles. The van der Waals surface area contributed by atoms with Crippen LogP contribution >= 0.6 is 0 Å². The van der Waals surface area contributed by atoms with Crippen LogP contribution in [0.1, 0.15) is 31.9 Å². The highest BCUT2D eigenvalue weighted by Gasteiger charge is 2.30. The highest BCUT2D eigenvalue weighted by Crippen LogP contribution is 2.19. The Kier molecular flexibility index (Phi) is 9.67. The topological polar surface area (TPSA) is 187 Å². The lowest BCUT2D eigenvalue weighted by Gasteiger charge is -2.24. The van der Waals surface area contributed by atoms with Gasteiger partial charge in [-0.2, -0.15) is 0 Å². The van der Waals surface area contributed by atoms with E-state index in [-0.39, 0.29) is 24.5 Å². The molecule has 4 atom stereocenters. The third-order valence-corrected chi connectivity index (χ3v) is 6.50. The number of hydrogen-bond donors (Lipinski definition) is 7. The molecule has 208 valence electrons. The standard InChI is InChI=1S/C28H35N5O6/c1-15(2)24(29)27(37)31-16(3)25(35)32-22(12-17-8-10-19(34)11-9-17)26(36)33-23(28(38)39)13-18-14-30-21-7-5-4-6-20(18)21/h4-11,14-16,22-24,30,34H,12-13,29H2,1-3H3,(H,31,37)(H,32,35)(H,33,36)(H,38,39). The number of carboxylic acids is 1. The molecule has 0 aliphatic rings. The molecule has 0 saturated carbocycles. The minimum atomic E-state index is -1.27. The number of carboxylic acid groups (broad SMARTS) is 1. The van der Waals surface area contributed by atoms with Gasteiger partial charge in [0.25, 0.3) is 0 Å². The first-order valence-corrected chi connectivity index (χ1v) is 12.7. The third-order valence-electron chi connectivity index (χ3n) is 6.50. The van der Waals surface area contributed by atoms with Crippen LogP contribution < -0.4 is 21.7 Å². The Labute approximate surface area is 226 Å². The molecule has 0 bridgehead atoms. The molecule has 0 aliphatic carbocycles. The molecule has 11 nitrogen and oxygen atoms in total. The number of benzene rings is 2. The summed E-state index contributed by atoms with van der Waals surface area (Å²) >= 11 is 0. The van der Waals surface area contributed by atoms with Crippen LogP contribution in [0, 0.1) is 5.92 Å². The number of H-pyrrole nitrogens is 1. The van der Waals surface area contributed by atoms with Gasteiger partial charge in [-0.1, -0.05) is 44.2 Å². The summed E-state index contributed by atoms with van der Waals surface area (Å²) in [6, 6.07) is 9.25. The van der Waals surface area contributed by atoms with Gasteiger partial charge in [0, 0.05) is 29.9 Å². The fourth-order valence-corrected chi connectivity index (χ4v) is 4.04. The molecule has 4 unspecified atom stereocenters. The van der Waals surface area contributed by atoms with Crippen molar-refractivity contribution in [3.63, 3.8) is 0 Å². The van der Waals surface area contributed by atoms with E-state index in [4.69, 9.17) is 5.73 Å². The average molecular weight is 538 g/mol. The molecule has 0 spiro atoms. The summed E-state index contributed by atoms with van der Waals surface area (Å²) < 4.78 is 0. The number of aromatic nitrogens is 1. The molecule has 3 rings (SSSR count). The number of hydrogen-bond acceptors (Lipinski definition) is 6. The van der Waals surface area contributed by atoms with E-state index < -0.39 is 47.9 Å². The predicted molar refractivity (Wildman–Crippen MR) is 146 cm³/mol. The van der Waals surface area contributed by atoms with Crippen LogP contribution in [0.5, 0.6) is 5.75 Å². The zero-order valence-corrected chi connectivity index (χ0v) is 22.1. The summed E-state index contributed by atoms with van der Waals surface area (Å²) in [7, 11) is 0. The van der Waals surface area contributed by atoms with Gasteiger partial charge in [-0.15, -0.1) is 0 Å². The molecule has 1 aromatic heterocycles. The molecule has 0 fully saturated rings. The van der Waals surface area contributed by atoms with Crippen molar-refractivity contribution in [2.75, 3.05) is 0 Å². The van der Waals surface area contributed by atoms with Gasteiger partial charge >= 0.3 is 5.97 Å². The summed E-state index contributed by atoms with van der Waals surface area (Å²) in [6.07, 6.45) is 1.74. The Hall–Kier alpha value is -4.38. The fourth-order valence-electron chi connectivity index (χ4n) is 4.04. The summed E-state index contributed by atoms with van der Waals surface area (Å²) in [5, 5.41) is 28.0. The molecule has 39 heavy (non-hydrogen) atoms. The van der Waals surface area contributed by atoms with E-state index in [2.05, 4.69) is 20.9 Å². The first-order valence-electron chi connectivity index (χ1n) is 12.7. The maximum absolute atomic E-state index is 13.3. The Morgan fingerprint density at radius 2 is 1.49 bits per heavy atom. The number of carbonyl (C=O) groups excluding carboxylic acids is 3.